The number of hydrogen-bond donors (Lipinski definition) is 2. The van der Waals surface area contributed by atoms with Gasteiger partial charge < -0.3 is 10.6 Å². The molecule has 4 amide bonds. The molecule has 0 aromatic heterocycles. The zero-order valence-corrected chi connectivity index (χ0v) is 14.2. The van der Waals surface area contributed by atoms with Crippen LogP contribution in [0, 0.1) is 0 Å². The molecule has 6 nitrogen and oxygen atoms in total. The number of urea groups is 1. The highest BCUT2D eigenvalue weighted by Gasteiger charge is 2.54. The summed E-state index contributed by atoms with van der Waals surface area (Å²) in [5.74, 6) is -0.553. The van der Waals surface area contributed by atoms with Crippen molar-refractivity contribution in [3.05, 3.63) is 35.4 Å². The molecule has 1 aliphatic heterocycles. The molecule has 1 saturated heterocycles. The summed E-state index contributed by atoms with van der Waals surface area (Å²) in [4.78, 5) is 38.9. The molecular weight excluding hydrogens is 318 g/mol. The lowest BCUT2D eigenvalue weighted by Crippen LogP contribution is -2.47. The zero-order chi connectivity index (χ0) is 17.4. The van der Waals surface area contributed by atoms with Crippen LogP contribution >= 0.6 is 0 Å². The lowest BCUT2D eigenvalue weighted by molar-refractivity contribution is -0.135. The molecule has 6 heteroatoms. The standard InChI is InChI=1S/C19H23N3O3/c23-16(20-14-8-2-3-9-14)12-22-17(24)19(21-18(22)25)11-5-7-13-6-1-4-10-15(13)19/h1,4,6,10,14H,2-3,5,7-9,11-12H2,(H,20,23)(H,21,25)/t19-/m1/s1. The molecule has 25 heavy (non-hydrogen) atoms. The van der Waals surface area contributed by atoms with E-state index in [2.05, 4.69) is 10.6 Å². The van der Waals surface area contributed by atoms with Crippen molar-refractivity contribution >= 4 is 17.8 Å². The Morgan fingerprint density at radius 3 is 2.76 bits per heavy atom. The first kappa shape index (κ1) is 16.1. The molecule has 132 valence electrons. The number of imide groups is 1. The van der Waals surface area contributed by atoms with Crippen molar-refractivity contribution in [3.63, 3.8) is 0 Å². The monoisotopic (exact) mass is 341 g/mol. The quantitative estimate of drug-likeness (QED) is 0.823. The molecular formula is C19H23N3O3. The SMILES string of the molecule is O=C(CN1C(=O)N[C@@]2(CCCc3ccccc32)C1=O)NC1CCCC1. The summed E-state index contributed by atoms with van der Waals surface area (Å²) in [7, 11) is 0. The third kappa shape index (κ3) is 2.69. The lowest BCUT2D eigenvalue weighted by Gasteiger charge is -2.33. The van der Waals surface area contributed by atoms with E-state index in [1.165, 1.54) is 0 Å². The van der Waals surface area contributed by atoms with Crippen LogP contribution in [0.5, 0.6) is 0 Å². The van der Waals surface area contributed by atoms with Crippen LogP contribution in [0.1, 0.15) is 49.7 Å². The molecule has 0 radical (unpaired) electrons. The van der Waals surface area contributed by atoms with Crippen molar-refractivity contribution in [1.82, 2.24) is 15.5 Å². The number of fused-ring (bicyclic) bond motifs is 2. The van der Waals surface area contributed by atoms with Gasteiger partial charge in [0.15, 0.2) is 0 Å². The number of nitrogens with zero attached hydrogens (tertiary/aromatic N) is 1. The number of carbonyl (C=O) groups is 3. The fourth-order valence-corrected chi connectivity index (χ4v) is 4.44. The molecule has 1 aromatic carbocycles. The van der Waals surface area contributed by atoms with Crippen molar-refractivity contribution in [2.75, 3.05) is 6.54 Å². The summed E-state index contributed by atoms with van der Waals surface area (Å²) in [5, 5.41) is 5.83. The van der Waals surface area contributed by atoms with Crippen LogP contribution in [-0.4, -0.2) is 35.3 Å². The highest BCUT2D eigenvalue weighted by Crippen LogP contribution is 2.39. The average Bonchev–Trinajstić information content (AvgIpc) is 3.19. The van der Waals surface area contributed by atoms with Crippen molar-refractivity contribution < 1.29 is 14.4 Å². The Kier molecular flexibility index (Phi) is 3.98. The van der Waals surface area contributed by atoms with Crippen LogP contribution in [-0.2, 0) is 21.5 Å². The highest BCUT2D eigenvalue weighted by atomic mass is 16.2. The fraction of sp³-hybridized carbons (Fsp3) is 0.526. The molecule has 1 atom stereocenters. The normalized spacial score (nSPS) is 26.0. The zero-order valence-electron chi connectivity index (χ0n) is 14.2. The molecule has 4 rings (SSSR count). The minimum atomic E-state index is -1.00. The van der Waals surface area contributed by atoms with Gasteiger partial charge in [0.05, 0.1) is 0 Å². The second-order valence-electron chi connectivity index (χ2n) is 7.29. The van der Waals surface area contributed by atoms with E-state index in [1.807, 2.05) is 24.3 Å². The molecule has 1 spiro atoms. The molecule has 2 aliphatic carbocycles. The van der Waals surface area contributed by atoms with Crippen LogP contribution in [0.4, 0.5) is 4.79 Å². The van der Waals surface area contributed by atoms with E-state index in [0.29, 0.717) is 6.42 Å². The molecule has 0 bridgehead atoms. The Balaban J connectivity index is 1.54. The number of aryl methyl sites for hydroxylation is 1. The van der Waals surface area contributed by atoms with E-state index in [9.17, 15) is 14.4 Å². The first-order chi connectivity index (χ1) is 12.1. The van der Waals surface area contributed by atoms with Gasteiger partial charge in [-0.3, -0.25) is 14.5 Å². The van der Waals surface area contributed by atoms with Gasteiger partial charge in [-0.25, -0.2) is 4.79 Å². The lowest BCUT2D eigenvalue weighted by atomic mass is 9.76. The molecule has 2 fully saturated rings. The summed E-state index contributed by atoms with van der Waals surface area (Å²) < 4.78 is 0. The largest absolute Gasteiger partial charge is 0.352 e. The van der Waals surface area contributed by atoms with Gasteiger partial charge in [-0.1, -0.05) is 37.1 Å². The Morgan fingerprint density at radius 2 is 1.96 bits per heavy atom. The van der Waals surface area contributed by atoms with Gasteiger partial charge >= 0.3 is 6.03 Å². The van der Waals surface area contributed by atoms with Crippen molar-refractivity contribution in [3.8, 4) is 0 Å². The molecule has 2 N–H and O–H groups in total. The Morgan fingerprint density at radius 1 is 1.20 bits per heavy atom. The average molecular weight is 341 g/mol. The van der Waals surface area contributed by atoms with Crippen molar-refractivity contribution in [2.24, 2.45) is 0 Å². The third-order valence-corrected chi connectivity index (χ3v) is 5.67. The Hall–Kier alpha value is -2.37. The van der Waals surface area contributed by atoms with Gasteiger partial charge in [0.2, 0.25) is 5.91 Å². The molecule has 1 saturated carbocycles. The van der Waals surface area contributed by atoms with Gasteiger partial charge in [0, 0.05) is 6.04 Å². The minimum Gasteiger partial charge on any atom is -0.352 e. The Labute approximate surface area is 147 Å². The van der Waals surface area contributed by atoms with E-state index >= 15 is 0 Å². The number of hydrogen-bond acceptors (Lipinski definition) is 3. The number of amides is 4. The van der Waals surface area contributed by atoms with E-state index in [4.69, 9.17) is 0 Å². The van der Waals surface area contributed by atoms with Gasteiger partial charge in [-0.05, 0) is 43.2 Å². The topological polar surface area (TPSA) is 78.5 Å². The summed E-state index contributed by atoms with van der Waals surface area (Å²) in [6, 6.07) is 7.47. The predicted molar refractivity (Wildman–Crippen MR) is 91.7 cm³/mol. The summed E-state index contributed by atoms with van der Waals surface area (Å²) in [5.41, 5.74) is 0.970. The molecule has 0 unspecified atom stereocenters. The highest BCUT2D eigenvalue weighted by molar-refractivity contribution is 6.09. The van der Waals surface area contributed by atoms with Crippen LogP contribution in [0.3, 0.4) is 0 Å². The predicted octanol–water partition coefficient (Wildman–Crippen LogP) is 1.83. The summed E-state index contributed by atoms with van der Waals surface area (Å²) in [6.07, 6.45) is 6.51. The maximum Gasteiger partial charge on any atom is 0.325 e. The number of rotatable bonds is 3. The number of carbonyl (C=O) groups excluding carboxylic acids is 3. The van der Waals surface area contributed by atoms with E-state index in [-0.39, 0.29) is 24.4 Å². The van der Waals surface area contributed by atoms with Crippen LogP contribution < -0.4 is 10.6 Å². The first-order valence-corrected chi connectivity index (χ1v) is 9.12. The van der Waals surface area contributed by atoms with Crippen molar-refractivity contribution in [1.29, 1.82) is 0 Å². The second-order valence-corrected chi connectivity index (χ2v) is 7.29. The third-order valence-electron chi connectivity index (χ3n) is 5.67. The number of benzene rings is 1. The summed E-state index contributed by atoms with van der Waals surface area (Å²) in [6.45, 7) is -0.203. The minimum absolute atomic E-state index is 0.178. The van der Waals surface area contributed by atoms with Crippen LogP contribution in [0.2, 0.25) is 0 Å². The Bertz CT molecular complexity index is 726. The molecule has 1 heterocycles. The van der Waals surface area contributed by atoms with Crippen LogP contribution in [0.15, 0.2) is 24.3 Å². The van der Waals surface area contributed by atoms with Gasteiger partial charge in [-0.2, -0.15) is 0 Å². The summed E-state index contributed by atoms with van der Waals surface area (Å²) >= 11 is 0. The van der Waals surface area contributed by atoms with E-state index in [0.717, 1.165) is 54.6 Å². The molecule has 3 aliphatic rings. The maximum atomic E-state index is 13.1. The molecule has 1 aromatic rings. The van der Waals surface area contributed by atoms with Gasteiger partial charge in [0.1, 0.15) is 12.1 Å². The second kappa shape index (κ2) is 6.17. The van der Waals surface area contributed by atoms with Gasteiger partial charge in [0.25, 0.3) is 5.91 Å². The van der Waals surface area contributed by atoms with Gasteiger partial charge in [-0.15, -0.1) is 0 Å². The fourth-order valence-electron chi connectivity index (χ4n) is 4.44. The first-order valence-electron chi connectivity index (χ1n) is 9.12. The van der Waals surface area contributed by atoms with E-state index < -0.39 is 11.6 Å². The van der Waals surface area contributed by atoms with E-state index in [1.54, 1.807) is 0 Å². The smallest absolute Gasteiger partial charge is 0.325 e. The maximum absolute atomic E-state index is 13.1. The van der Waals surface area contributed by atoms with Crippen molar-refractivity contribution in [2.45, 2.75) is 56.5 Å². The number of nitrogens with one attached hydrogen (secondary N) is 2. The van der Waals surface area contributed by atoms with Crippen LogP contribution in [0.25, 0.3) is 0 Å².